The van der Waals surface area contributed by atoms with Crippen molar-refractivity contribution < 1.29 is 19.1 Å². The number of amides is 1. The van der Waals surface area contributed by atoms with E-state index in [1.165, 1.54) is 12.0 Å². The van der Waals surface area contributed by atoms with Gasteiger partial charge in [0.05, 0.1) is 20.3 Å². The molecule has 2 atom stereocenters. The van der Waals surface area contributed by atoms with Crippen molar-refractivity contribution in [1.29, 1.82) is 0 Å². The van der Waals surface area contributed by atoms with Gasteiger partial charge in [-0.15, -0.1) is 11.6 Å². The first-order valence-electron chi connectivity index (χ1n) is 6.30. The molecule has 0 N–H and O–H groups in total. The number of hydrogen-bond donors (Lipinski definition) is 0. The van der Waals surface area contributed by atoms with Gasteiger partial charge in [0.1, 0.15) is 5.38 Å². The molecule has 1 heterocycles. The summed E-state index contributed by atoms with van der Waals surface area (Å²) in [4.78, 5) is 25.3. The molecule has 1 fully saturated rings. The van der Waals surface area contributed by atoms with E-state index in [-0.39, 0.29) is 12.5 Å². The van der Waals surface area contributed by atoms with Crippen molar-refractivity contribution in [3.8, 4) is 0 Å². The van der Waals surface area contributed by atoms with Crippen molar-refractivity contribution in [3.05, 3.63) is 35.9 Å². The number of methoxy groups -OCH3 is 1. The quantitative estimate of drug-likeness (QED) is 0.624. The summed E-state index contributed by atoms with van der Waals surface area (Å²) in [7, 11) is 1.29. The molecule has 0 bridgehead atoms. The van der Waals surface area contributed by atoms with Crippen LogP contribution in [0, 0.1) is 0 Å². The fourth-order valence-electron chi connectivity index (χ4n) is 2.05. The molecule has 1 aliphatic heterocycles. The Hall–Kier alpha value is -1.59. The smallest absolute Gasteiger partial charge is 0.336 e. The Balaban J connectivity index is 2.03. The number of alkyl halides is 1. The summed E-state index contributed by atoms with van der Waals surface area (Å²) in [6.07, 6.45) is -0.739. The maximum absolute atomic E-state index is 12.3. The minimum Gasteiger partial charge on any atom is -0.467 e. The van der Waals surface area contributed by atoms with E-state index in [9.17, 15) is 9.59 Å². The molecule has 1 aliphatic rings. The lowest BCUT2D eigenvalue weighted by atomic mass is 10.1. The van der Waals surface area contributed by atoms with Crippen LogP contribution in [0.5, 0.6) is 0 Å². The monoisotopic (exact) mass is 297 g/mol. The second-order valence-corrected chi connectivity index (χ2v) is 4.88. The number of esters is 1. The van der Waals surface area contributed by atoms with E-state index in [0.717, 1.165) is 5.56 Å². The average Bonchev–Trinajstić information content (AvgIpc) is 2.53. The summed E-state index contributed by atoms with van der Waals surface area (Å²) in [6, 6.07) is 9.12. The zero-order valence-corrected chi connectivity index (χ0v) is 11.9. The number of ether oxygens (including phenoxy) is 2. The maximum Gasteiger partial charge on any atom is 0.336 e. The average molecular weight is 298 g/mol. The molecule has 5 nitrogen and oxygen atoms in total. The molecule has 1 aromatic rings. The van der Waals surface area contributed by atoms with Crippen LogP contribution in [0.15, 0.2) is 30.3 Å². The second kappa shape index (κ2) is 6.72. The van der Waals surface area contributed by atoms with Crippen LogP contribution in [0.2, 0.25) is 0 Å². The van der Waals surface area contributed by atoms with Crippen molar-refractivity contribution in [2.24, 2.45) is 0 Å². The van der Waals surface area contributed by atoms with E-state index in [0.29, 0.717) is 13.2 Å². The fourth-order valence-corrected chi connectivity index (χ4v) is 2.33. The molecule has 1 amide bonds. The topological polar surface area (TPSA) is 55.8 Å². The Morgan fingerprint density at radius 1 is 1.40 bits per heavy atom. The number of morpholine rings is 1. The van der Waals surface area contributed by atoms with Crippen molar-refractivity contribution in [2.75, 3.05) is 26.8 Å². The number of rotatable bonds is 3. The molecule has 2 unspecified atom stereocenters. The highest BCUT2D eigenvalue weighted by molar-refractivity contribution is 6.30. The lowest BCUT2D eigenvalue weighted by molar-refractivity contribution is -0.162. The fraction of sp³-hybridized carbons (Fsp3) is 0.429. The number of halogens is 1. The number of nitrogens with zero attached hydrogens (tertiary/aromatic N) is 1. The summed E-state index contributed by atoms with van der Waals surface area (Å²) >= 11 is 6.20. The molecular weight excluding hydrogens is 282 g/mol. The van der Waals surface area contributed by atoms with Crippen molar-refractivity contribution in [1.82, 2.24) is 4.90 Å². The van der Waals surface area contributed by atoms with Crippen LogP contribution >= 0.6 is 11.6 Å². The first-order valence-corrected chi connectivity index (χ1v) is 6.74. The molecule has 20 heavy (non-hydrogen) atoms. The standard InChI is InChI=1S/C14H16ClNO4/c1-19-14(18)11-9-16(7-8-20-11)13(17)12(15)10-5-3-2-4-6-10/h2-6,11-12H,7-9H2,1H3. The third-order valence-corrected chi connectivity index (χ3v) is 3.59. The van der Waals surface area contributed by atoms with Gasteiger partial charge in [-0.3, -0.25) is 4.79 Å². The predicted octanol–water partition coefficient (Wildman–Crippen LogP) is 1.37. The minimum atomic E-state index is -0.757. The molecule has 1 saturated heterocycles. The lowest BCUT2D eigenvalue weighted by Crippen LogP contribution is -2.49. The van der Waals surface area contributed by atoms with Gasteiger partial charge in [-0.1, -0.05) is 30.3 Å². The Bertz CT molecular complexity index is 479. The van der Waals surface area contributed by atoms with Gasteiger partial charge >= 0.3 is 5.97 Å². The molecule has 0 spiro atoms. The highest BCUT2D eigenvalue weighted by atomic mass is 35.5. The van der Waals surface area contributed by atoms with Gasteiger partial charge in [0.2, 0.25) is 5.91 Å². The molecule has 0 aromatic heterocycles. The summed E-state index contributed by atoms with van der Waals surface area (Å²) in [5.41, 5.74) is 0.736. The number of carbonyl (C=O) groups excluding carboxylic acids is 2. The number of benzene rings is 1. The zero-order valence-electron chi connectivity index (χ0n) is 11.1. The van der Waals surface area contributed by atoms with Crippen molar-refractivity contribution >= 4 is 23.5 Å². The third-order valence-electron chi connectivity index (χ3n) is 3.15. The van der Waals surface area contributed by atoms with Gasteiger partial charge in [-0.2, -0.15) is 0 Å². The van der Waals surface area contributed by atoms with Gasteiger partial charge < -0.3 is 14.4 Å². The minimum absolute atomic E-state index is 0.168. The molecule has 6 heteroatoms. The van der Waals surface area contributed by atoms with Crippen LogP contribution in [0.1, 0.15) is 10.9 Å². The normalized spacial score (nSPS) is 20.3. The molecule has 0 saturated carbocycles. The number of hydrogen-bond acceptors (Lipinski definition) is 4. The van der Waals surface area contributed by atoms with Crippen LogP contribution in [0.25, 0.3) is 0 Å². The van der Waals surface area contributed by atoms with Gasteiger partial charge in [0.25, 0.3) is 0 Å². The summed E-state index contributed by atoms with van der Waals surface area (Å²) in [5, 5.41) is -0.757. The molecular formula is C14H16ClNO4. The van der Waals surface area contributed by atoms with E-state index in [4.69, 9.17) is 16.3 Å². The first kappa shape index (κ1) is 14.8. The lowest BCUT2D eigenvalue weighted by Gasteiger charge is -2.32. The Morgan fingerprint density at radius 2 is 2.10 bits per heavy atom. The van der Waals surface area contributed by atoms with Crippen LogP contribution < -0.4 is 0 Å². The molecule has 108 valence electrons. The van der Waals surface area contributed by atoms with Crippen LogP contribution in [0.3, 0.4) is 0 Å². The first-order chi connectivity index (χ1) is 9.63. The Morgan fingerprint density at radius 3 is 2.75 bits per heavy atom. The van der Waals surface area contributed by atoms with E-state index in [2.05, 4.69) is 4.74 Å². The molecule has 0 aliphatic carbocycles. The van der Waals surface area contributed by atoms with Gasteiger partial charge in [0.15, 0.2) is 6.10 Å². The summed E-state index contributed by atoms with van der Waals surface area (Å²) < 4.78 is 9.91. The van der Waals surface area contributed by atoms with E-state index in [1.807, 2.05) is 18.2 Å². The van der Waals surface area contributed by atoms with Crippen LogP contribution in [0.4, 0.5) is 0 Å². The van der Waals surface area contributed by atoms with Crippen molar-refractivity contribution in [2.45, 2.75) is 11.5 Å². The third kappa shape index (κ3) is 3.29. The Labute approximate surface area is 122 Å². The van der Waals surface area contributed by atoms with Gasteiger partial charge in [-0.25, -0.2) is 4.79 Å². The zero-order chi connectivity index (χ0) is 14.5. The summed E-state index contributed by atoms with van der Waals surface area (Å²) in [5.74, 6) is -0.705. The Kier molecular flexibility index (Phi) is 4.98. The van der Waals surface area contributed by atoms with Gasteiger partial charge in [0, 0.05) is 6.54 Å². The van der Waals surface area contributed by atoms with Crippen LogP contribution in [-0.4, -0.2) is 49.7 Å². The predicted molar refractivity (Wildman–Crippen MR) is 73.4 cm³/mol. The van der Waals surface area contributed by atoms with Crippen molar-refractivity contribution in [3.63, 3.8) is 0 Å². The number of carbonyl (C=O) groups is 2. The molecule has 0 radical (unpaired) electrons. The summed E-state index contributed by atoms with van der Waals surface area (Å²) in [6.45, 7) is 0.883. The maximum atomic E-state index is 12.3. The van der Waals surface area contributed by atoms with E-state index >= 15 is 0 Å². The SMILES string of the molecule is COC(=O)C1CN(C(=O)C(Cl)c2ccccc2)CCO1. The largest absolute Gasteiger partial charge is 0.467 e. The highest BCUT2D eigenvalue weighted by Crippen LogP contribution is 2.23. The molecule has 1 aromatic carbocycles. The van der Waals surface area contributed by atoms with E-state index in [1.54, 1.807) is 12.1 Å². The van der Waals surface area contributed by atoms with Crippen LogP contribution in [-0.2, 0) is 19.1 Å². The second-order valence-electron chi connectivity index (χ2n) is 4.44. The highest BCUT2D eigenvalue weighted by Gasteiger charge is 2.32. The van der Waals surface area contributed by atoms with Gasteiger partial charge in [-0.05, 0) is 5.56 Å². The van der Waals surface area contributed by atoms with E-state index < -0.39 is 17.5 Å². The molecule has 2 rings (SSSR count).